The second kappa shape index (κ2) is 8.97. The van der Waals surface area contributed by atoms with Crippen molar-refractivity contribution in [3.63, 3.8) is 0 Å². The summed E-state index contributed by atoms with van der Waals surface area (Å²) in [5, 5.41) is 9.56. The van der Waals surface area contributed by atoms with Gasteiger partial charge in [-0.1, -0.05) is 27.7 Å². The standard InChI is InChI=1S/C23H35N5O/c1-15(2)21-12-20(25-27(21)7)9-8-16(3)22-18(5)13-28(26-22)11-10-17(4)23-24-19(6)14-29-23/h12-17H,8-11H2,1-7H3. The fourth-order valence-corrected chi connectivity index (χ4v) is 3.89. The number of nitrogens with zero attached hydrogens (tertiary/aromatic N) is 5. The lowest BCUT2D eigenvalue weighted by Gasteiger charge is -2.09. The fourth-order valence-electron chi connectivity index (χ4n) is 3.89. The van der Waals surface area contributed by atoms with Crippen molar-refractivity contribution in [3.8, 4) is 0 Å². The van der Waals surface area contributed by atoms with Crippen LogP contribution in [0.5, 0.6) is 0 Å². The summed E-state index contributed by atoms with van der Waals surface area (Å²) in [4.78, 5) is 4.44. The van der Waals surface area contributed by atoms with Crippen molar-refractivity contribution >= 4 is 0 Å². The van der Waals surface area contributed by atoms with E-state index in [2.05, 4.69) is 61.6 Å². The van der Waals surface area contributed by atoms with Crippen molar-refractivity contribution in [2.45, 2.75) is 85.1 Å². The third kappa shape index (κ3) is 5.17. The molecule has 3 heterocycles. The highest BCUT2D eigenvalue weighted by Crippen LogP contribution is 2.25. The van der Waals surface area contributed by atoms with E-state index >= 15 is 0 Å². The maximum Gasteiger partial charge on any atom is 0.197 e. The molecule has 0 fully saturated rings. The molecule has 0 saturated heterocycles. The molecule has 0 bridgehead atoms. The van der Waals surface area contributed by atoms with Crippen molar-refractivity contribution in [2.24, 2.45) is 7.05 Å². The van der Waals surface area contributed by atoms with Gasteiger partial charge in [0.05, 0.1) is 17.1 Å². The number of aryl methyl sites for hydroxylation is 5. The molecule has 158 valence electrons. The Morgan fingerprint density at radius 2 is 1.79 bits per heavy atom. The summed E-state index contributed by atoms with van der Waals surface area (Å²) in [6.07, 6.45) is 6.88. The lowest BCUT2D eigenvalue weighted by atomic mass is 9.98. The molecular weight excluding hydrogens is 362 g/mol. The lowest BCUT2D eigenvalue weighted by molar-refractivity contribution is 0.422. The molecule has 0 aliphatic rings. The van der Waals surface area contributed by atoms with Crippen LogP contribution in [0.3, 0.4) is 0 Å². The van der Waals surface area contributed by atoms with Gasteiger partial charge in [0.15, 0.2) is 5.89 Å². The molecule has 0 aliphatic carbocycles. The van der Waals surface area contributed by atoms with E-state index in [1.54, 1.807) is 6.26 Å². The molecule has 0 saturated carbocycles. The Bertz CT molecular complexity index is 933. The highest BCUT2D eigenvalue weighted by molar-refractivity contribution is 5.20. The van der Waals surface area contributed by atoms with E-state index < -0.39 is 0 Å². The minimum Gasteiger partial charge on any atom is -0.448 e. The number of oxazole rings is 1. The summed E-state index contributed by atoms with van der Waals surface area (Å²) in [6.45, 7) is 13.8. The second-order valence-electron chi connectivity index (χ2n) is 8.76. The SMILES string of the molecule is Cc1coc(C(C)CCn2cc(C)c(C(C)CCc3cc(C(C)C)n(C)n3)n2)n1. The molecule has 0 radical (unpaired) electrons. The molecule has 29 heavy (non-hydrogen) atoms. The highest BCUT2D eigenvalue weighted by atomic mass is 16.3. The Morgan fingerprint density at radius 1 is 1.03 bits per heavy atom. The molecule has 6 nitrogen and oxygen atoms in total. The van der Waals surface area contributed by atoms with Crippen LogP contribution < -0.4 is 0 Å². The molecule has 3 aromatic rings. The smallest absolute Gasteiger partial charge is 0.197 e. The van der Waals surface area contributed by atoms with Crippen LogP contribution in [0.25, 0.3) is 0 Å². The Morgan fingerprint density at radius 3 is 2.41 bits per heavy atom. The molecule has 2 atom stereocenters. The van der Waals surface area contributed by atoms with Gasteiger partial charge in [0.1, 0.15) is 6.26 Å². The Kier molecular flexibility index (Phi) is 6.60. The maximum absolute atomic E-state index is 5.53. The van der Waals surface area contributed by atoms with Crippen molar-refractivity contribution < 1.29 is 4.42 Å². The quantitative estimate of drug-likeness (QED) is 0.493. The zero-order chi connectivity index (χ0) is 21.1. The molecule has 0 aromatic carbocycles. The van der Waals surface area contributed by atoms with Crippen molar-refractivity contribution in [1.29, 1.82) is 0 Å². The first kappa shape index (κ1) is 21.3. The summed E-state index contributed by atoms with van der Waals surface area (Å²) in [5.74, 6) is 2.01. The van der Waals surface area contributed by atoms with E-state index in [4.69, 9.17) is 9.52 Å². The zero-order valence-corrected chi connectivity index (χ0v) is 18.9. The number of aromatic nitrogens is 5. The molecule has 0 N–H and O–H groups in total. The minimum atomic E-state index is 0.286. The summed E-state index contributed by atoms with van der Waals surface area (Å²) >= 11 is 0. The van der Waals surface area contributed by atoms with Gasteiger partial charge < -0.3 is 4.42 Å². The van der Waals surface area contributed by atoms with Crippen LogP contribution in [0.2, 0.25) is 0 Å². The van der Waals surface area contributed by atoms with Gasteiger partial charge in [0.2, 0.25) is 0 Å². The van der Waals surface area contributed by atoms with E-state index in [0.29, 0.717) is 11.8 Å². The molecule has 3 aromatic heterocycles. The van der Waals surface area contributed by atoms with Gasteiger partial charge in [-0.05, 0) is 50.7 Å². The van der Waals surface area contributed by atoms with Crippen LogP contribution in [0.1, 0.15) is 92.5 Å². The summed E-state index contributed by atoms with van der Waals surface area (Å²) in [5.41, 5.74) is 5.87. The molecule has 3 rings (SSSR count). The van der Waals surface area contributed by atoms with Gasteiger partial charge in [0, 0.05) is 37.3 Å². The molecule has 2 unspecified atom stereocenters. The van der Waals surface area contributed by atoms with E-state index in [1.807, 2.05) is 18.7 Å². The largest absolute Gasteiger partial charge is 0.448 e. The van der Waals surface area contributed by atoms with E-state index in [9.17, 15) is 0 Å². The third-order valence-electron chi connectivity index (χ3n) is 5.69. The number of rotatable bonds is 9. The average Bonchev–Trinajstić information content (AvgIpc) is 3.36. The van der Waals surface area contributed by atoms with Gasteiger partial charge >= 0.3 is 0 Å². The number of hydrogen-bond acceptors (Lipinski definition) is 4. The zero-order valence-electron chi connectivity index (χ0n) is 18.9. The van der Waals surface area contributed by atoms with Crippen LogP contribution in [-0.4, -0.2) is 24.5 Å². The predicted octanol–water partition coefficient (Wildman–Crippen LogP) is 5.27. The first-order valence-electron chi connectivity index (χ1n) is 10.7. The molecular formula is C23H35N5O. The Balaban J connectivity index is 1.56. The molecule has 0 amide bonds. The van der Waals surface area contributed by atoms with Crippen molar-refractivity contribution in [1.82, 2.24) is 24.5 Å². The van der Waals surface area contributed by atoms with E-state index in [0.717, 1.165) is 37.4 Å². The van der Waals surface area contributed by atoms with Crippen molar-refractivity contribution in [2.75, 3.05) is 0 Å². The summed E-state index contributed by atoms with van der Waals surface area (Å²) < 4.78 is 9.62. The lowest BCUT2D eigenvalue weighted by Crippen LogP contribution is -2.06. The first-order chi connectivity index (χ1) is 13.7. The van der Waals surface area contributed by atoms with Crippen LogP contribution in [-0.2, 0) is 20.0 Å². The Hall–Kier alpha value is -2.37. The van der Waals surface area contributed by atoms with Crippen LogP contribution in [0.4, 0.5) is 0 Å². The maximum atomic E-state index is 5.53. The average molecular weight is 398 g/mol. The molecule has 6 heteroatoms. The normalized spacial score (nSPS) is 13.9. The highest BCUT2D eigenvalue weighted by Gasteiger charge is 2.17. The van der Waals surface area contributed by atoms with Gasteiger partial charge in [-0.2, -0.15) is 10.2 Å². The topological polar surface area (TPSA) is 61.7 Å². The number of hydrogen-bond donors (Lipinski definition) is 0. The predicted molar refractivity (Wildman–Crippen MR) is 115 cm³/mol. The van der Waals surface area contributed by atoms with Gasteiger partial charge in [0.25, 0.3) is 0 Å². The summed E-state index contributed by atoms with van der Waals surface area (Å²) in [6, 6.07) is 2.24. The third-order valence-corrected chi connectivity index (χ3v) is 5.69. The van der Waals surface area contributed by atoms with E-state index in [-0.39, 0.29) is 5.92 Å². The van der Waals surface area contributed by atoms with Crippen LogP contribution in [0, 0.1) is 13.8 Å². The molecule has 0 aliphatic heterocycles. The minimum absolute atomic E-state index is 0.286. The van der Waals surface area contributed by atoms with E-state index in [1.165, 1.54) is 22.6 Å². The van der Waals surface area contributed by atoms with Gasteiger partial charge in [-0.3, -0.25) is 9.36 Å². The van der Waals surface area contributed by atoms with Crippen LogP contribution in [0.15, 0.2) is 22.9 Å². The van der Waals surface area contributed by atoms with Crippen molar-refractivity contribution in [3.05, 3.63) is 52.8 Å². The second-order valence-corrected chi connectivity index (χ2v) is 8.76. The monoisotopic (exact) mass is 397 g/mol. The van der Waals surface area contributed by atoms with Crippen LogP contribution >= 0.6 is 0 Å². The van der Waals surface area contributed by atoms with Gasteiger partial charge in [-0.25, -0.2) is 4.98 Å². The molecule has 0 spiro atoms. The van der Waals surface area contributed by atoms with Gasteiger partial charge in [-0.15, -0.1) is 0 Å². The Labute approximate surface area is 174 Å². The summed E-state index contributed by atoms with van der Waals surface area (Å²) in [7, 11) is 2.04. The fraction of sp³-hybridized carbons (Fsp3) is 0.609. The first-order valence-corrected chi connectivity index (χ1v) is 10.7.